The first-order valence-corrected chi connectivity index (χ1v) is 9.00. The summed E-state index contributed by atoms with van der Waals surface area (Å²) in [6.45, 7) is 1.21. The Labute approximate surface area is 154 Å². The van der Waals surface area contributed by atoms with Crippen LogP contribution in [0.15, 0.2) is 53.6 Å². The molecular formula is C18H20N4O3S. The lowest BCUT2D eigenvalue weighted by molar-refractivity contribution is 0.174. The average Bonchev–Trinajstić information content (AvgIpc) is 2.97. The Hall–Kier alpha value is -2.68. The Balaban J connectivity index is 1.44. The minimum Gasteiger partial charge on any atom is -0.492 e. The van der Waals surface area contributed by atoms with Crippen LogP contribution < -0.4 is 15.5 Å². The summed E-state index contributed by atoms with van der Waals surface area (Å²) in [5.74, 6) is -0.152. The first-order chi connectivity index (χ1) is 12.6. The average molecular weight is 372 g/mol. The van der Waals surface area contributed by atoms with Crippen molar-refractivity contribution in [1.29, 1.82) is 0 Å². The summed E-state index contributed by atoms with van der Waals surface area (Å²) in [6, 6.07) is 11.4. The van der Waals surface area contributed by atoms with Gasteiger partial charge >= 0.3 is 4.87 Å². The van der Waals surface area contributed by atoms with Crippen molar-refractivity contribution in [3.8, 4) is 5.88 Å². The quantitative estimate of drug-likeness (QED) is 0.388. The lowest BCUT2D eigenvalue weighted by atomic mass is 10.1. The van der Waals surface area contributed by atoms with Crippen LogP contribution in [0.25, 0.3) is 0 Å². The molecule has 1 aromatic carbocycles. The molecule has 1 atom stereocenters. The second-order valence-electron chi connectivity index (χ2n) is 5.77. The SMILES string of the molecule is O=c1[nH]c(O)c(Nc2ccc(CCNC[C@@H](O)c3cccnc3)cc2)s1. The fourth-order valence-electron chi connectivity index (χ4n) is 2.45. The Morgan fingerprint density at radius 1 is 1.23 bits per heavy atom. The van der Waals surface area contributed by atoms with E-state index in [0.717, 1.165) is 41.1 Å². The minimum absolute atomic E-state index is 0.152. The molecule has 3 rings (SSSR count). The van der Waals surface area contributed by atoms with Crippen molar-refractivity contribution in [2.24, 2.45) is 0 Å². The Morgan fingerprint density at radius 3 is 2.69 bits per heavy atom. The maximum atomic E-state index is 11.2. The molecule has 0 spiro atoms. The van der Waals surface area contributed by atoms with E-state index in [1.165, 1.54) is 0 Å². The van der Waals surface area contributed by atoms with Crippen LogP contribution in [0.3, 0.4) is 0 Å². The molecule has 2 heterocycles. The maximum Gasteiger partial charge on any atom is 0.309 e. The first-order valence-electron chi connectivity index (χ1n) is 8.18. The van der Waals surface area contributed by atoms with Gasteiger partial charge in [-0.1, -0.05) is 29.5 Å². The number of pyridine rings is 1. The van der Waals surface area contributed by atoms with Crippen LogP contribution in [-0.4, -0.2) is 33.3 Å². The number of nitrogens with one attached hydrogen (secondary N) is 3. The number of hydrogen-bond donors (Lipinski definition) is 5. The van der Waals surface area contributed by atoms with Crippen molar-refractivity contribution >= 4 is 22.0 Å². The van der Waals surface area contributed by atoms with Crippen LogP contribution in [0.4, 0.5) is 10.7 Å². The van der Waals surface area contributed by atoms with Crippen molar-refractivity contribution < 1.29 is 10.2 Å². The lowest BCUT2D eigenvalue weighted by Crippen LogP contribution is -2.23. The van der Waals surface area contributed by atoms with Crippen LogP contribution >= 0.6 is 11.3 Å². The number of H-pyrrole nitrogens is 1. The number of anilines is 2. The highest BCUT2D eigenvalue weighted by Gasteiger charge is 2.07. The zero-order valence-corrected chi connectivity index (χ0v) is 14.8. The molecule has 0 aliphatic carbocycles. The Kier molecular flexibility index (Phi) is 6.00. The fourth-order valence-corrected chi connectivity index (χ4v) is 3.10. The summed E-state index contributed by atoms with van der Waals surface area (Å²) >= 11 is 0.921. The normalized spacial score (nSPS) is 12.0. The molecule has 0 amide bonds. The standard InChI is InChI=1S/C18H20N4O3S/c23-15(13-2-1-8-19-10-13)11-20-9-7-12-3-5-14(6-4-12)21-17-16(24)22-18(25)26-17/h1-6,8,10,15,20-21,23-24H,7,9,11H2,(H,22,25)/t15-/m1/s1. The van der Waals surface area contributed by atoms with Crippen LogP contribution in [0.5, 0.6) is 5.88 Å². The molecule has 0 bridgehead atoms. The number of aliphatic hydroxyl groups excluding tert-OH is 1. The second-order valence-corrected chi connectivity index (χ2v) is 6.75. The van der Waals surface area contributed by atoms with Crippen molar-refractivity contribution in [1.82, 2.24) is 15.3 Å². The highest BCUT2D eigenvalue weighted by molar-refractivity contribution is 7.13. The number of hydrogen-bond acceptors (Lipinski definition) is 7. The predicted octanol–water partition coefficient (Wildman–Crippen LogP) is 2.15. The number of aromatic nitrogens is 2. The number of nitrogens with zero attached hydrogens (tertiary/aromatic N) is 1. The van der Waals surface area contributed by atoms with Gasteiger partial charge in [0, 0.05) is 30.2 Å². The van der Waals surface area contributed by atoms with E-state index in [9.17, 15) is 15.0 Å². The predicted molar refractivity (Wildman–Crippen MR) is 102 cm³/mol. The van der Waals surface area contributed by atoms with Crippen molar-refractivity contribution in [2.45, 2.75) is 12.5 Å². The van der Waals surface area contributed by atoms with Gasteiger partial charge in [0.25, 0.3) is 0 Å². The first kappa shape index (κ1) is 18.1. The third-order valence-corrected chi connectivity index (χ3v) is 4.63. The van der Waals surface area contributed by atoms with Crippen LogP contribution in [0.2, 0.25) is 0 Å². The summed E-state index contributed by atoms with van der Waals surface area (Å²) in [7, 11) is 0. The molecule has 5 N–H and O–H groups in total. The summed E-state index contributed by atoms with van der Waals surface area (Å²) in [5.41, 5.74) is 2.73. The van der Waals surface area contributed by atoms with Gasteiger partial charge in [0.05, 0.1) is 6.10 Å². The summed E-state index contributed by atoms with van der Waals surface area (Å²) < 4.78 is 0. The number of benzene rings is 1. The summed E-state index contributed by atoms with van der Waals surface area (Å²) in [4.78, 5) is 17.2. The third-order valence-electron chi connectivity index (χ3n) is 3.84. The molecule has 2 aromatic heterocycles. The van der Waals surface area contributed by atoms with E-state index < -0.39 is 6.10 Å². The highest BCUT2D eigenvalue weighted by atomic mass is 32.1. The third kappa shape index (κ3) is 4.92. The monoisotopic (exact) mass is 372 g/mol. The van der Waals surface area contributed by atoms with Gasteiger partial charge in [-0.05, 0) is 36.7 Å². The van der Waals surface area contributed by atoms with Gasteiger partial charge < -0.3 is 20.8 Å². The number of rotatable bonds is 8. The van der Waals surface area contributed by atoms with Crippen LogP contribution in [0, 0.1) is 0 Å². The van der Waals surface area contributed by atoms with E-state index in [2.05, 4.69) is 20.6 Å². The molecule has 7 nitrogen and oxygen atoms in total. The van der Waals surface area contributed by atoms with Crippen molar-refractivity contribution in [3.05, 3.63) is 69.6 Å². The molecule has 8 heteroatoms. The van der Waals surface area contributed by atoms with Crippen LogP contribution in [0.1, 0.15) is 17.2 Å². The zero-order valence-electron chi connectivity index (χ0n) is 14.0. The van der Waals surface area contributed by atoms with E-state index in [-0.39, 0.29) is 10.8 Å². The molecule has 0 aliphatic rings. The second kappa shape index (κ2) is 8.61. The lowest BCUT2D eigenvalue weighted by Gasteiger charge is -2.12. The van der Waals surface area contributed by atoms with Gasteiger partial charge in [-0.2, -0.15) is 0 Å². The van der Waals surface area contributed by atoms with E-state index >= 15 is 0 Å². The smallest absolute Gasteiger partial charge is 0.309 e. The largest absolute Gasteiger partial charge is 0.492 e. The molecule has 0 saturated heterocycles. The molecule has 136 valence electrons. The van der Waals surface area contributed by atoms with Crippen molar-refractivity contribution in [2.75, 3.05) is 18.4 Å². The van der Waals surface area contributed by atoms with Crippen LogP contribution in [-0.2, 0) is 6.42 Å². The van der Waals surface area contributed by atoms with E-state index in [1.54, 1.807) is 18.5 Å². The molecule has 26 heavy (non-hydrogen) atoms. The number of aromatic hydroxyl groups is 1. The zero-order chi connectivity index (χ0) is 18.4. The summed E-state index contributed by atoms with van der Waals surface area (Å²) in [5, 5.41) is 26.3. The number of aliphatic hydroxyl groups is 1. The topological polar surface area (TPSA) is 110 Å². The minimum atomic E-state index is -0.573. The molecular weight excluding hydrogens is 352 g/mol. The molecule has 0 unspecified atom stereocenters. The van der Waals surface area contributed by atoms with E-state index in [1.807, 2.05) is 30.3 Å². The van der Waals surface area contributed by atoms with Gasteiger partial charge in [0.1, 0.15) is 0 Å². The molecule has 0 fully saturated rings. The van der Waals surface area contributed by atoms with Gasteiger partial charge in [0.15, 0.2) is 5.00 Å². The molecule has 0 radical (unpaired) electrons. The molecule has 0 saturated carbocycles. The van der Waals surface area contributed by atoms with E-state index in [4.69, 9.17) is 0 Å². The van der Waals surface area contributed by atoms with Gasteiger partial charge in [0.2, 0.25) is 5.88 Å². The number of aromatic amines is 1. The van der Waals surface area contributed by atoms with Crippen molar-refractivity contribution in [3.63, 3.8) is 0 Å². The van der Waals surface area contributed by atoms with Gasteiger partial charge in [-0.3, -0.25) is 14.8 Å². The number of thiazole rings is 1. The Morgan fingerprint density at radius 2 is 2.04 bits per heavy atom. The summed E-state index contributed by atoms with van der Waals surface area (Å²) in [6.07, 6.45) is 3.59. The maximum absolute atomic E-state index is 11.2. The van der Waals surface area contributed by atoms with Gasteiger partial charge in [-0.25, -0.2) is 0 Å². The van der Waals surface area contributed by atoms with Gasteiger partial charge in [-0.15, -0.1) is 0 Å². The van der Waals surface area contributed by atoms with E-state index in [0.29, 0.717) is 11.5 Å². The Bertz CT molecular complexity index is 877. The molecule has 0 aliphatic heterocycles. The highest BCUT2D eigenvalue weighted by Crippen LogP contribution is 2.27. The molecule has 3 aromatic rings. The fraction of sp³-hybridized carbons (Fsp3) is 0.222.